The molecule has 0 fully saturated rings. The van der Waals surface area contributed by atoms with Crippen LogP contribution in [0.15, 0.2) is 24.3 Å². The molecule has 0 bridgehead atoms. The second-order valence-corrected chi connectivity index (χ2v) is 5.95. The Kier molecular flexibility index (Phi) is 5.74. The quantitative estimate of drug-likeness (QED) is 0.878. The molecule has 0 unspecified atom stereocenters. The molecule has 0 heterocycles. The van der Waals surface area contributed by atoms with E-state index in [2.05, 4.69) is 0 Å². The first kappa shape index (κ1) is 16.7. The number of carboxylic acids is 1. The molecular formula is C13H15F3O3S. The molecule has 0 spiro atoms. The van der Waals surface area contributed by atoms with Gasteiger partial charge in [0.15, 0.2) is 0 Å². The van der Waals surface area contributed by atoms with E-state index in [1.54, 1.807) is 6.92 Å². The van der Waals surface area contributed by atoms with Gasteiger partial charge in [0.05, 0.1) is 5.56 Å². The lowest BCUT2D eigenvalue weighted by Crippen LogP contribution is -2.26. The highest BCUT2D eigenvalue weighted by Crippen LogP contribution is 2.29. The monoisotopic (exact) mass is 308 g/mol. The number of rotatable bonds is 6. The van der Waals surface area contributed by atoms with Gasteiger partial charge >= 0.3 is 12.1 Å². The van der Waals surface area contributed by atoms with Crippen molar-refractivity contribution in [3.63, 3.8) is 0 Å². The van der Waals surface area contributed by atoms with Crippen molar-refractivity contribution < 1.29 is 27.3 Å². The van der Waals surface area contributed by atoms with Crippen LogP contribution in [0.5, 0.6) is 0 Å². The van der Waals surface area contributed by atoms with Gasteiger partial charge in [-0.3, -0.25) is 9.00 Å². The first-order valence-corrected chi connectivity index (χ1v) is 7.40. The maximum Gasteiger partial charge on any atom is 0.416 e. The van der Waals surface area contributed by atoms with Gasteiger partial charge < -0.3 is 5.11 Å². The topological polar surface area (TPSA) is 54.4 Å². The summed E-state index contributed by atoms with van der Waals surface area (Å²) in [5, 5.41) is 7.98. The highest BCUT2D eigenvalue weighted by Gasteiger charge is 2.30. The standard InChI is InChI=1S/C13H15F3O3S/c1-2-3-11(12(17)18)20(19)8-9-4-6-10(7-5-9)13(14,15)16/h4-7,11H,2-3,8H2,1H3,(H,17,18)/t11-,20+/m1/s1. The molecule has 1 aromatic carbocycles. The Morgan fingerprint density at radius 3 is 2.25 bits per heavy atom. The van der Waals surface area contributed by atoms with E-state index >= 15 is 0 Å². The predicted octanol–water partition coefficient (Wildman–Crippen LogP) is 3.21. The molecule has 0 saturated carbocycles. The first-order valence-electron chi connectivity index (χ1n) is 6.01. The van der Waals surface area contributed by atoms with Gasteiger partial charge in [0.25, 0.3) is 0 Å². The summed E-state index contributed by atoms with van der Waals surface area (Å²) < 4.78 is 49.1. The maximum atomic E-state index is 12.4. The van der Waals surface area contributed by atoms with E-state index in [1.807, 2.05) is 0 Å². The van der Waals surface area contributed by atoms with Gasteiger partial charge in [0, 0.05) is 16.6 Å². The SMILES string of the molecule is CCC[C@H](C(=O)O)[S@@](=O)Cc1ccc(C(F)(F)F)cc1. The van der Waals surface area contributed by atoms with Gasteiger partial charge in [-0.05, 0) is 24.1 Å². The Bertz CT molecular complexity index is 483. The van der Waals surface area contributed by atoms with Crippen molar-refractivity contribution in [2.24, 2.45) is 0 Å². The summed E-state index contributed by atoms with van der Waals surface area (Å²) in [6.45, 7) is 1.78. The molecule has 0 radical (unpaired) electrons. The van der Waals surface area contributed by atoms with Crippen molar-refractivity contribution in [3.05, 3.63) is 35.4 Å². The van der Waals surface area contributed by atoms with Crippen LogP contribution in [-0.2, 0) is 27.5 Å². The van der Waals surface area contributed by atoms with E-state index < -0.39 is 33.8 Å². The van der Waals surface area contributed by atoms with Gasteiger partial charge in [0.1, 0.15) is 5.25 Å². The van der Waals surface area contributed by atoms with Crippen LogP contribution in [-0.4, -0.2) is 20.5 Å². The minimum Gasteiger partial charge on any atom is -0.480 e. The van der Waals surface area contributed by atoms with Gasteiger partial charge in [-0.2, -0.15) is 13.2 Å². The minimum atomic E-state index is -4.41. The first-order chi connectivity index (χ1) is 9.25. The van der Waals surface area contributed by atoms with Gasteiger partial charge in [-0.15, -0.1) is 0 Å². The van der Waals surface area contributed by atoms with Crippen molar-refractivity contribution in [2.75, 3.05) is 0 Å². The number of carboxylic acid groups (broad SMARTS) is 1. The highest BCUT2D eigenvalue weighted by atomic mass is 32.2. The third kappa shape index (κ3) is 4.63. The molecule has 0 aliphatic heterocycles. The van der Waals surface area contributed by atoms with Gasteiger partial charge in [-0.25, -0.2) is 0 Å². The molecule has 20 heavy (non-hydrogen) atoms. The fourth-order valence-electron chi connectivity index (χ4n) is 1.68. The number of aliphatic carboxylic acids is 1. The smallest absolute Gasteiger partial charge is 0.416 e. The zero-order valence-corrected chi connectivity index (χ0v) is 11.6. The van der Waals surface area contributed by atoms with E-state index in [-0.39, 0.29) is 12.2 Å². The normalized spacial score (nSPS) is 14.8. The number of hydrogen-bond acceptors (Lipinski definition) is 2. The third-order valence-corrected chi connectivity index (χ3v) is 4.42. The Morgan fingerprint density at radius 1 is 1.30 bits per heavy atom. The number of carbonyl (C=O) groups is 1. The van der Waals surface area contributed by atoms with Gasteiger partial charge in [-0.1, -0.05) is 25.5 Å². The summed E-state index contributed by atoms with van der Waals surface area (Å²) in [5.74, 6) is -1.20. The van der Waals surface area contributed by atoms with Crippen LogP contribution in [0, 0.1) is 0 Å². The molecule has 0 saturated heterocycles. The summed E-state index contributed by atoms with van der Waals surface area (Å²) in [5.41, 5.74) is -0.353. The fourth-order valence-corrected chi connectivity index (χ4v) is 3.13. The van der Waals surface area contributed by atoms with Crippen molar-refractivity contribution in [3.8, 4) is 0 Å². The van der Waals surface area contributed by atoms with Crippen molar-refractivity contribution in [2.45, 2.75) is 36.9 Å². The Morgan fingerprint density at radius 2 is 1.85 bits per heavy atom. The molecule has 7 heteroatoms. The summed E-state index contributed by atoms with van der Waals surface area (Å²) in [4.78, 5) is 11.0. The van der Waals surface area contributed by atoms with E-state index in [4.69, 9.17) is 5.11 Å². The summed E-state index contributed by atoms with van der Waals surface area (Å²) in [7, 11) is -1.65. The van der Waals surface area contributed by atoms with Crippen molar-refractivity contribution in [1.29, 1.82) is 0 Å². The molecule has 112 valence electrons. The van der Waals surface area contributed by atoms with Crippen LogP contribution >= 0.6 is 0 Å². The Labute approximate surface area is 117 Å². The molecular weight excluding hydrogens is 293 g/mol. The number of alkyl halides is 3. The molecule has 1 rings (SSSR count). The number of hydrogen-bond donors (Lipinski definition) is 1. The lowest BCUT2D eigenvalue weighted by Gasteiger charge is -2.12. The zero-order valence-electron chi connectivity index (χ0n) is 10.8. The largest absolute Gasteiger partial charge is 0.480 e. The van der Waals surface area contributed by atoms with E-state index in [1.165, 1.54) is 12.1 Å². The number of halogens is 3. The summed E-state index contributed by atoms with van der Waals surface area (Å²) in [6, 6.07) is 4.27. The number of benzene rings is 1. The molecule has 1 N–H and O–H groups in total. The Hall–Kier alpha value is -1.37. The van der Waals surface area contributed by atoms with Crippen LogP contribution < -0.4 is 0 Å². The van der Waals surface area contributed by atoms with Crippen LogP contribution in [0.25, 0.3) is 0 Å². The van der Waals surface area contributed by atoms with E-state index in [9.17, 15) is 22.2 Å². The van der Waals surface area contributed by atoms with Crippen molar-refractivity contribution >= 4 is 16.8 Å². The molecule has 3 nitrogen and oxygen atoms in total. The van der Waals surface area contributed by atoms with Crippen LogP contribution in [0.3, 0.4) is 0 Å². The third-order valence-electron chi connectivity index (χ3n) is 2.73. The van der Waals surface area contributed by atoms with Crippen LogP contribution in [0.1, 0.15) is 30.9 Å². The molecule has 0 amide bonds. The van der Waals surface area contributed by atoms with E-state index in [0.717, 1.165) is 12.1 Å². The van der Waals surface area contributed by atoms with E-state index in [0.29, 0.717) is 12.0 Å². The molecule has 0 aliphatic carbocycles. The molecule has 1 aromatic rings. The van der Waals surface area contributed by atoms with Crippen LogP contribution in [0.4, 0.5) is 13.2 Å². The molecule has 0 aliphatic rings. The molecule has 2 atom stereocenters. The lowest BCUT2D eigenvalue weighted by molar-refractivity contribution is -0.138. The molecule has 0 aromatic heterocycles. The van der Waals surface area contributed by atoms with Crippen LogP contribution in [0.2, 0.25) is 0 Å². The lowest BCUT2D eigenvalue weighted by atomic mass is 10.1. The van der Waals surface area contributed by atoms with Crippen molar-refractivity contribution in [1.82, 2.24) is 0 Å². The zero-order chi connectivity index (χ0) is 15.3. The second kappa shape index (κ2) is 6.88. The average molecular weight is 308 g/mol. The fraction of sp³-hybridized carbons (Fsp3) is 0.462. The minimum absolute atomic E-state index is 0.0604. The van der Waals surface area contributed by atoms with Gasteiger partial charge in [0.2, 0.25) is 0 Å². The summed E-state index contributed by atoms with van der Waals surface area (Å²) >= 11 is 0. The average Bonchev–Trinajstić information content (AvgIpc) is 2.34. The summed E-state index contributed by atoms with van der Waals surface area (Å²) in [6.07, 6.45) is -3.55. The highest BCUT2D eigenvalue weighted by molar-refractivity contribution is 7.85. The maximum absolute atomic E-state index is 12.4. The second-order valence-electron chi connectivity index (χ2n) is 4.34. The predicted molar refractivity (Wildman–Crippen MR) is 69.6 cm³/mol. The Balaban J connectivity index is 2.78.